The number of nitrogens with zero attached hydrogens (tertiary/aromatic N) is 1. The number of hydrogen-bond donors (Lipinski definition) is 2. The molecule has 1 aromatic carbocycles. The first kappa shape index (κ1) is 21.0. The molecule has 0 saturated heterocycles. The van der Waals surface area contributed by atoms with Crippen LogP contribution < -0.4 is 10.6 Å². The van der Waals surface area contributed by atoms with Crippen molar-refractivity contribution in [3.63, 3.8) is 0 Å². The summed E-state index contributed by atoms with van der Waals surface area (Å²) in [5, 5.41) is 15.5. The van der Waals surface area contributed by atoms with Crippen LogP contribution in [0.15, 0.2) is 36.0 Å². The van der Waals surface area contributed by atoms with Crippen LogP contribution in [0.4, 0.5) is 0 Å². The van der Waals surface area contributed by atoms with Crippen molar-refractivity contribution in [3.8, 4) is 6.07 Å². The van der Waals surface area contributed by atoms with Crippen LogP contribution in [0, 0.1) is 11.3 Å². The molecule has 0 spiro atoms. The van der Waals surface area contributed by atoms with Gasteiger partial charge in [0.1, 0.15) is 11.6 Å². The lowest BCUT2D eigenvalue weighted by molar-refractivity contribution is -0.117. The van der Waals surface area contributed by atoms with Crippen LogP contribution in [0.5, 0.6) is 0 Å². The van der Waals surface area contributed by atoms with Crippen molar-refractivity contribution in [1.29, 1.82) is 5.26 Å². The summed E-state index contributed by atoms with van der Waals surface area (Å²) in [6, 6.07) is 9.51. The Labute approximate surface area is 155 Å². The molecule has 5 nitrogen and oxygen atoms in total. The average molecular weight is 364 g/mol. The summed E-state index contributed by atoms with van der Waals surface area (Å²) in [5.74, 6) is -0.374. The van der Waals surface area contributed by atoms with Gasteiger partial charge >= 0.3 is 0 Å². The van der Waals surface area contributed by atoms with Crippen molar-refractivity contribution in [2.75, 3.05) is 26.3 Å². The van der Waals surface area contributed by atoms with E-state index in [-0.39, 0.29) is 11.5 Å². The lowest BCUT2D eigenvalue weighted by Crippen LogP contribution is -2.27. The number of nitrogens with one attached hydrogen (secondary N) is 2. The number of carbonyl (C=O) groups excluding carboxylic acids is 1. The van der Waals surface area contributed by atoms with Gasteiger partial charge < -0.3 is 15.4 Å². The molecule has 0 aliphatic rings. The van der Waals surface area contributed by atoms with Gasteiger partial charge in [0.05, 0.1) is 0 Å². The normalized spacial score (nSPS) is 11.0. The molecule has 0 radical (unpaired) electrons. The number of unbranched alkanes of at least 4 members (excludes halogenated alkanes) is 1. The van der Waals surface area contributed by atoms with Gasteiger partial charge in [-0.3, -0.25) is 4.79 Å². The molecule has 0 saturated carbocycles. The van der Waals surface area contributed by atoms with Crippen molar-refractivity contribution in [3.05, 3.63) is 46.6 Å². The second-order valence-corrected chi connectivity index (χ2v) is 5.95. The Hall–Kier alpha value is -2.03. The molecule has 1 rings (SSSR count). The molecule has 6 heteroatoms. The molecular weight excluding hydrogens is 338 g/mol. The number of carbonyl (C=O) groups is 1. The molecule has 0 aromatic heterocycles. The van der Waals surface area contributed by atoms with E-state index in [4.69, 9.17) is 21.6 Å². The van der Waals surface area contributed by atoms with E-state index in [9.17, 15) is 4.79 Å². The number of nitriles is 1. The second-order valence-electron chi connectivity index (χ2n) is 5.54. The van der Waals surface area contributed by atoms with E-state index in [1.165, 1.54) is 6.20 Å². The van der Waals surface area contributed by atoms with Crippen LogP contribution in [0.3, 0.4) is 0 Å². The molecule has 25 heavy (non-hydrogen) atoms. The monoisotopic (exact) mass is 363 g/mol. The van der Waals surface area contributed by atoms with Crippen molar-refractivity contribution >= 4 is 17.5 Å². The molecule has 0 unspecified atom stereocenters. The van der Waals surface area contributed by atoms with E-state index in [2.05, 4.69) is 17.6 Å². The van der Waals surface area contributed by atoms with Gasteiger partial charge in [0, 0.05) is 37.5 Å². The summed E-state index contributed by atoms with van der Waals surface area (Å²) in [6.07, 6.45) is 5.05. The van der Waals surface area contributed by atoms with Crippen LogP contribution >= 0.6 is 11.6 Å². The highest BCUT2D eigenvalue weighted by Crippen LogP contribution is 2.14. The smallest absolute Gasteiger partial charge is 0.263 e. The second kappa shape index (κ2) is 13.3. The highest BCUT2D eigenvalue weighted by Gasteiger charge is 2.07. The first-order valence-electron chi connectivity index (χ1n) is 8.62. The molecule has 2 N–H and O–H groups in total. The Kier molecular flexibility index (Phi) is 11.2. The third-order valence-corrected chi connectivity index (χ3v) is 3.87. The molecule has 0 aliphatic heterocycles. The molecule has 0 atom stereocenters. The maximum absolute atomic E-state index is 11.9. The molecule has 0 heterocycles. The summed E-state index contributed by atoms with van der Waals surface area (Å²) >= 11 is 6.08. The maximum Gasteiger partial charge on any atom is 0.263 e. The quantitative estimate of drug-likeness (QED) is 0.340. The van der Waals surface area contributed by atoms with Crippen molar-refractivity contribution in [2.24, 2.45) is 0 Å². The standard InChI is InChI=1S/C19H26ClN3O2/c1-2-3-12-25-13-6-10-23-19(24)17(14-21)15-22-11-9-16-7-4-5-8-18(16)20/h4-5,7-8,15,22H,2-3,6,9-13H2,1H3,(H,23,24)/b17-15-. The zero-order valence-electron chi connectivity index (χ0n) is 14.7. The summed E-state index contributed by atoms with van der Waals surface area (Å²) in [4.78, 5) is 11.9. The molecule has 136 valence electrons. The minimum absolute atomic E-state index is 0.0612. The third-order valence-electron chi connectivity index (χ3n) is 3.50. The highest BCUT2D eigenvalue weighted by molar-refractivity contribution is 6.31. The van der Waals surface area contributed by atoms with Gasteiger partial charge in [0.15, 0.2) is 0 Å². The predicted molar refractivity (Wildman–Crippen MR) is 100 cm³/mol. The van der Waals surface area contributed by atoms with Crippen molar-refractivity contribution < 1.29 is 9.53 Å². The van der Waals surface area contributed by atoms with E-state index < -0.39 is 0 Å². The third kappa shape index (κ3) is 9.13. The van der Waals surface area contributed by atoms with Crippen molar-refractivity contribution in [2.45, 2.75) is 32.6 Å². The van der Waals surface area contributed by atoms with E-state index in [1.54, 1.807) is 0 Å². The van der Waals surface area contributed by atoms with Crippen molar-refractivity contribution in [1.82, 2.24) is 10.6 Å². The largest absolute Gasteiger partial charge is 0.389 e. The van der Waals surface area contributed by atoms with Gasteiger partial charge in [-0.15, -0.1) is 0 Å². The van der Waals surface area contributed by atoms with Gasteiger partial charge in [-0.25, -0.2) is 0 Å². The van der Waals surface area contributed by atoms with E-state index in [0.717, 1.165) is 31.4 Å². The number of amides is 1. The summed E-state index contributed by atoms with van der Waals surface area (Å²) in [5.41, 5.74) is 1.09. The van der Waals surface area contributed by atoms with Crippen LogP contribution in [-0.2, 0) is 16.0 Å². The average Bonchev–Trinajstić information content (AvgIpc) is 2.62. The molecule has 1 aromatic rings. The van der Waals surface area contributed by atoms with Gasteiger partial charge in [0.25, 0.3) is 5.91 Å². The van der Waals surface area contributed by atoms with Gasteiger partial charge in [-0.05, 0) is 30.9 Å². The van der Waals surface area contributed by atoms with E-state index in [0.29, 0.717) is 31.1 Å². The fraction of sp³-hybridized carbons (Fsp3) is 0.474. The van der Waals surface area contributed by atoms with Crippen LogP contribution in [0.25, 0.3) is 0 Å². The van der Waals surface area contributed by atoms with E-state index in [1.807, 2.05) is 30.3 Å². The lowest BCUT2D eigenvalue weighted by Gasteiger charge is -2.06. The Bertz CT molecular complexity index is 597. The Morgan fingerprint density at radius 2 is 2.04 bits per heavy atom. The summed E-state index contributed by atoms with van der Waals surface area (Å²) < 4.78 is 5.42. The van der Waals surface area contributed by atoms with Crippen LogP contribution in [-0.4, -0.2) is 32.2 Å². The number of rotatable bonds is 12. The first-order valence-corrected chi connectivity index (χ1v) is 8.99. The van der Waals surface area contributed by atoms with Crippen LogP contribution in [0.2, 0.25) is 5.02 Å². The number of benzene rings is 1. The summed E-state index contributed by atoms with van der Waals surface area (Å²) in [7, 11) is 0. The zero-order valence-corrected chi connectivity index (χ0v) is 15.4. The van der Waals surface area contributed by atoms with E-state index >= 15 is 0 Å². The molecule has 0 bridgehead atoms. The lowest BCUT2D eigenvalue weighted by atomic mass is 10.1. The minimum Gasteiger partial charge on any atom is -0.389 e. The summed E-state index contributed by atoms with van der Waals surface area (Å²) in [6.45, 7) is 4.56. The molecule has 1 amide bonds. The minimum atomic E-state index is -0.374. The Morgan fingerprint density at radius 3 is 2.76 bits per heavy atom. The number of halogens is 1. The fourth-order valence-corrected chi connectivity index (χ4v) is 2.28. The zero-order chi connectivity index (χ0) is 18.3. The fourth-order valence-electron chi connectivity index (χ4n) is 2.05. The SMILES string of the molecule is CCCCOCCCNC(=O)/C(C#N)=C\NCCc1ccccc1Cl. The first-order chi connectivity index (χ1) is 12.2. The highest BCUT2D eigenvalue weighted by atomic mass is 35.5. The number of ether oxygens (including phenoxy) is 1. The molecule has 0 fully saturated rings. The number of hydrogen-bond acceptors (Lipinski definition) is 4. The topological polar surface area (TPSA) is 74.1 Å². The van der Waals surface area contributed by atoms with Gasteiger partial charge in [-0.2, -0.15) is 5.26 Å². The Morgan fingerprint density at radius 1 is 1.28 bits per heavy atom. The predicted octanol–water partition coefficient (Wildman–Crippen LogP) is 3.20. The van der Waals surface area contributed by atoms with Crippen LogP contribution in [0.1, 0.15) is 31.7 Å². The molecule has 0 aliphatic carbocycles. The van der Waals surface area contributed by atoms with Gasteiger partial charge in [-0.1, -0.05) is 43.1 Å². The van der Waals surface area contributed by atoms with Gasteiger partial charge in [0.2, 0.25) is 0 Å². The maximum atomic E-state index is 11.9. The Balaban J connectivity index is 2.25. The molecular formula is C19H26ClN3O2.